The average Bonchev–Trinajstić information content (AvgIpc) is 2.35. The number of aliphatic hydroxyl groups is 1. The molecule has 2 aromatic rings. The number of hydrogen-bond acceptors (Lipinski definition) is 3. The third kappa shape index (κ3) is 2.02. The van der Waals surface area contributed by atoms with Gasteiger partial charge in [0.15, 0.2) is 0 Å². The molecule has 1 amide bonds. The van der Waals surface area contributed by atoms with Gasteiger partial charge in [-0.1, -0.05) is 24.3 Å². The number of aliphatic hydroxyl groups excluding tert-OH is 1. The maximum atomic E-state index is 10.7. The van der Waals surface area contributed by atoms with Crippen molar-refractivity contribution >= 4 is 17.0 Å². The van der Waals surface area contributed by atoms with Crippen LogP contribution in [0, 0.1) is 5.92 Å². The van der Waals surface area contributed by atoms with Crippen molar-refractivity contribution in [2.75, 3.05) is 13.1 Å². The van der Waals surface area contributed by atoms with Crippen LogP contribution < -0.4 is 0 Å². The fraction of sp³-hybridized carbons (Fsp3) is 0.286. The van der Waals surface area contributed by atoms with Gasteiger partial charge in [-0.3, -0.25) is 4.98 Å². The van der Waals surface area contributed by atoms with Crippen LogP contribution in [0.5, 0.6) is 0 Å². The molecule has 1 atom stereocenters. The lowest BCUT2D eigenvalue weighted by atomic mass is 9.88. The summed E-state index contributed by atoms with van der Waals surface area (Å²) in [5.41, 5.74) is 1.56. The Kier molecular flexibility index (Phi) is 2.83. The summed E-state index contributed by atoms with van der Waals surface area (Å²) in [7, 11) is 0. The van der Waals surface area contributed by atoms with E-state index in [4.69, 9.17) is 5.11 Å². The minimum Gasteiger partial charge on any atom is -0.465 e. The van der Waals surface area contributed by atoms with Crippen LogP contribution in [0.1, 0.15) is 11.7 Å². The number of hydrogen-bond donors (Lipinski definition) is 2. The van der Waals surface area contributed by atoms with Gasteiger partial charge in [-0.05, 0) is 6.07 Å². The molecule has 0 aliphatic carbocycles. The normalized spacial score (nSPS) is 17.2. The number of amides is 1. The summed E-state index contributed by atoms with van der Waals surface area (Å²) >= 11 is 0. The van der Waals surface area contributed by atoms with Crippen molar-refractivity contribution in [2.24, 2.45) is 5.92 Å². The second kappa shape index (κ2) is 4.51. The number of nitrogens with zero attached hydrogens (tertiary/aromatic N) is 2. The molecule has 0 bridgehead atoms. The highest BCUT2D eigenvalue weighted by molar-refractivity contribution is 5.82. The smallest absolute Gasteiger partial charge is 0.407 e. The third-order valence-corrected chi connectivity index (χ3v) is 3.61. The van der Waals surface area contributed by atoms with Crippen molar-refractivity contribution in [1.29, 1.82) is 0 Å². The Morgan fingerprint density at radius 2 is 2.05 bits per heavy atom. The van der Waals surface area contributed by atoms with Crippen molar-refractivity contribution in [2.45, 2.75) is 6.10 Å². The van der Waals surface area contributed by atoms with Crippen molar-refractivity contribution in [3.8, 4) is 0 Å². The zero-order chi connectivity index (χ0) is 13.4. The van der Waals surface area contributed by atoms with Gasteiger partial charge in [-0.2, -0.15) is 0 Å². The summed E-state index contributed by atoms with van der Waals surface area (Å²) in [6, 6.07) is 9.49. The van der Waals surface area contributed by atoms with Gasteiger partial charge in [0, 0.05) is 36.2 Å². The zero-order valence-electron chi connectivity index (χ0n) is 10.2. The molecule has 1 aromatic carbocycles. The molecule has 1 fully saturated rings. The van der Waals surface area contributed by atoms with Crippen molar-refractivity contribution < 1.29 is 15.0 Å². The van der Waals surface area contributed by atoms with Gasteiger partial charge in [-0.15, -0.1) is 0 Å². The highest BCUT2D eigenvalue weighted by atomic mass is 16.4. The molecule has 2 heterocycles. The van der Waals surface area contributed by atoms with Gasteiger partial charge in [0.25, 0.3) is 0 Å². The van der Waals surface area contributed by atoms with Crippen LogP contribution in [-0.2, 0) is 0 Å². The molecule has 19 heavy (non-hydrogen) atoms. The maximum Gasteiger partial charge on any atom is 0.407 e. The van der Waals surface area contributed by atoms with Crippen LogP contribution in [0.4, 0.5) is 4.79 Å². The van der Waals surface area contributed by atoms with Gasteiger partial charge in [-0.25, -0.2) is 4.79 Å². The number of likely N-dealkylation sites (tertiary alicyclic amines) is 1. The monoisotopic (exact) mass is 258 g/mol. The quantitative estimate of drug-likeness (QED) is 0.862. The molecule has 98 valence electrons. The Balaban J connectivity index is 1.87. The first-order valence-corrected chi connectivity index (χ1v) is 6.16. The number of aromatic nitrogens is 1. The maximum absolute atomic E-state index is 10.7. The molecule has 5 heteroatoms. The fourth-order valence-corrected chi connectivity index (χ4v) is 2.49. The summed E-state index contributed by atoms with van der Waals surface area (Å²) in [5.74, 6) is -0.0521. The number of carboxylic acid groups (broad SMARTS) is 1. The molecule has 5 nitrogen and oxygen atoms in total. The Morgan fingerprint density at radius 3 is 2.79 bits per heavy atom. The first-order chi connectivity index (χ1) is 9.16. The largest absolute Gasteiger partial charge is 0.465 e. The average molecular weight is 258 g/mol. The molecular weight excluding hydrogens is 244 g/mol. The van der Waals surface area contributed by atoms with Gasteiger partial charge in [0.2, 0.25) is 0 Å². The highest BCUT2D eigenvalue weighted by Gasteiger charge is 2.36. The van der Waals surface area contributed by atoms with E-state index in [1.165, 1.54) is 4.90 Å². The topological polar surface area (TPSA) is 73.7 Å². The predicted molar refractivity (Wildman–Crippen MR) is 69.8 cm³/mol. The van der Waals surface area contributed by atoms with E-state index >= 15 is 0 Å². The standard InChI is InChI=1S/C14H14N2O3/c17-13(10-7-16(8-10)14(18)19)11-5-1-3-9-4-2-6-15-12(9)11/h1-6,10,13,17H,7-8H2,(H,18,19). The van der Waals surface area contributed by atoms with E-state index < -0.39 is 12.2 Å². The number of benzene rings is 1. The first-order valence-electron chi connectivity index (χ1n) is 6.16. The third-order valence-electron chi connectivity index (χ3n) is 3.61. The van der Waals surface area contributed by atoms with E-state index in [1.807, 2.05) is 30.3 Å². The molecule has 2 N–H and O–H groups in total. The molecule has 1 aliphatic rings. The summed E-state index contributed by atoms with van der Waals surface area (Å²) in [6.45, 7) is 0.749. The van der Waals surface area contributed by atoms with Gasteiger partial charge >= 0.3 is 6.09 Å². The number of fused-ring (bicyclic) bond motifs is 1. The van der Waals surface area contributed by atoms with E-state index in [1.54, 1.807) is 6.20 Å². The summed E-state index contributed by atoms with van der Waals surface area (Å²) in [4.78, 5) is 16.3. The van der Waals surface area contributed by atoms with Crippen LogP contribution in [0.15, 0.2) is 36.5 Å². The lowest BCUT2D eigenvalue weighted by Crippen LogP contribution is -2.51. The van der Waals surface area contributed by atoms with E-state index in [0.29, 0.717) is 13.1 Å². The van der Waals surface area contributed by atoms with Gasteiger partial charge in [0.1, 0.15) is 0 Å². The molecule has 1 saturated heterocycles. The number of carbonyl (C=O) groups is 1. The minimum atomic E-state index is -0.931. The molecule has 3 rings (SSSR count). The zero-order valence-corrected chi connectivity index (χ0v) is 10.2. The molecule has 0 spiro atoms. The lowest BCUT2D eigenvalue weighted by molar-refractivity contribution is 0.00341. The lowest BCUT2D eigenvalue weighted by Gasteiger charge is -2.39. The molecule has 0 radical (unpaired) electrons. The Morgan fingerprint density at radius 1 is 1.32 bits per heavy atom. The molecule has 1 aliphatic heterocycles. The van der Waals surface area contributed by atoms with Crippen LogP contribution in [-0.4, -0.2) is 39.3 Å². The first kappa shape index (κ1) is 11.9. The Labute approximate surface area is 110 Å². The van der Waals surface area contributed by atoms with Crippen LogP contribution in [0.25, 0.3) is 10.9 Å². The molecule has 1 unspecified atom stereocenters. The molecular formula is C14H14N2O3. The number of rotatable bonds is 2. The second-order valence-electron chi connectivity index (χ2n) is 4.81. The van der Waals surface area contributed by atoms with Crippen molar-refractivity contribution in [3.05, 3.63) is 42.1 Å². The Hall–Kier alpha value is -2.14. The summed E-state index contributed by atoms with van der Waals surface area (Å²) in [5, 5.41) is 20.2. The fourth-order valence-electron chi connectivity index (χ4n) is 2.49. The van der Waals surface area contributed by atoms with Gasteiger partial charge in [0.05, 0.1) is 11.6 Å². The van der Waals surface area contributed by atoms with Crippen molar-refractivity contribution in [1.82, 2.24) is 9.88 Å². The SMILES string of the molecule is O=C(O)N1CC(C(O)c2cccc3cccnc23)C1. The van der Waals surface area contributed by atoms with E-state index in [2.05, 4.69) is 4.98 Å². The van der Waals surface area contributed by atoms with Crippen molar-refractivity contribution in [3.63, 3.8) is 0 Å². The second-order valence-corrected chi connectivity index (χ2v) is 4.81. The number of para-hydroxylation sites is 1. The van der Waals surface area contributed by atoms with Crippen LogP contribution in [0.3, 0.4) is 0 Å². The summed E-state index contributed by atoms with van der Waals surface area (Å²) in [6.07, 6.45) is 0.0942. The number of pyridine rings is 1. The van der Waals surface area contributed by atoms with E-state index in [-0.39, 0.29) is 5.92 Å². The Bertz CT molecular complexity index is 618. The van der Waals surface area contributed by atoms with Crippen LogP contribution >= 0.6 is 0 Å². The molecule has 1 aromatic heterocycles. The molecule has 0 saturated carbocycles. The summed E-state index contributed by atoms with van der Waals surface area (Å²) < 4.78 is 0. The minimum absolute atomic E-state index is 0.0521. The van der Waals surface area contributed by atoms with E-state index in [0.717, 1.165) is 16.5 Å². The highest BCUT2D eigenvalue weighted by Crippen LogP contribution is 2.32. The van der Waals surface area contributed by atoms with Crippen LogP contribution in [0.2, 0.25) is 0 Å². The van der Waals surface area contributed by atoms with E-state index in [9.17, 15) is 9.90 Å². The van der Waals surface area contributed by atoms with Gasteiger partial charge < -0.3 is 15.1 Å². The predicted octanol–water partition coefficient (Wildman–Crippen LogP) is 1.88.